The van der Waals surface area contributed by atoms with E-state index in [-0.39, 0.29) is 0 Å². The molecule has 0 aliphatic rings. The van der Waals surface area contributed by atoms with E-state index < -0.39 is 0 Å². The van der Waals surface area contributed by atoms with Crippen molar-refractivity contribution in [2.75, 3.05) is 0 Å². The van der Waals surface area contributed by atoms with Gasteiger partial charge in [0.25, 0.3) is 0 Å². The van der Waals surface area contributed by atoms with Crippen LogP contribution < -0.4 is 4.74 Å². The van der Waals surface area contributed by atoms with Crippen LogP contribution in [0.25, 0.3) is 21.6 Å². The zero-order valence-corrected chi connectivity index (χ0v) is 14.9. The van der Waals surface area contributed by atoms with Gasteiger partial charge >= 0.3 is 0 Å². The monoisotopic (exact) mass is 347 g/mol. The Labute approximate surface area is 150 Å². The Morgan fingerprint density at radius 2 is 1.60 bits per heavy atom. The van der Waals surface area contributed by atoms with Crippen LogP contribution in [0, 0.1) is 13.8 Å². The predicted molar refractivity (Wildman–Crippen MR) is 101 cm³/mol. The van der Waals surface area contributed by atoms with Gasteiger partial charge in [0, 0.05) is 17.0 Å². The number of benzene rings is 2. The predicted octanol–water partition coefficient (Wildman–Crippen LogP) is 4.95. The van der Waals surface area contributed by atoms with Crippen molar-refractivity contribution in [3.63, 3.8) is 0 Å². The smallest absolute Gasteiger partial charge is 0.159 e. The van der Waals surface area contributed by atoms with Gasteiger partial charge in [-0.3, -0.25) is 0 Å². The average Bonchev–Trinajstić information content (AvgIpc) is 3.02. The summed E-state index contributed by atoms with van der Waals surface area (Å²) >= 11 is 1.66. The van der Waals surface area contributed by atoms with Gasteiger partial charge in [-0.1, -0.05) is 12.1 Å². The summed E-state index contributed by atoms with van der Waals surface area (Å²) < 4.78 is 7.05. The summed E-state index contributed by atoms with van der Waals surface area (Å²) in [4.78, 5) is 13.6. The first-order chi connectivity index (χ1) is 12.2. The molecule has 5 heteroatoms. The molecule has 0 unspecified atom stereocenters. The zero-order valence-electron chi connectivity index (χ0n) is 14.1. The van der Waals surface area contributed by atoms with E-state index in [0.717, 1.165) is 39.0 Å². The molecule has 0 amide bonds. The third-order valence-electron chi connectivity index (χ3n) is 3.80. The summed E-state index contributed by atoms with van der Waals surface area (Å²) in [7, 11) is 0. The normalized spacial score (nSPS) is 11.0. The molecule has 4 aromatic rings. The summed E-state index contributed by atoms with van der Waals surface area (Å²) in [6, 6.07) is 18.0. The summed E-state index contributed by atoms with van der Waals surface area (Å²) in [5.41, 5.74) is 3.95. The maximum absolute atomic E-state index is 5.87. The van der Waals surface area contributed by atoms with E-state index in [1.807, 2.05) is 62.4 Å². The zero-order chi connectivity index (χ0) is 17.2. The second-order valence-electron chi connectivity index (χ2n) is 5.86. The summed E-state index contributed by atoms with van der Waals surface area (Å²) in [5, 5.41) is 0.975. The molecule has 0 aliphatic carbocycles. The van der Waals surface area contributed by atoms with Gasteiger partial charge < -0.3 is 4.74 Å². The Morgan fingerprint density at radius 3 is 2.32 bits per heavy atom. The van der Waals surface area contributed by atoms with Crippen LogP contribution in [0.4, 0.5) is 0 Å². The highest BCUT2D eigenvalue weighted by atomic mass is 32.1. The third kappa shape index (κ3) is 3.51. The van der Waals surface area contributed by atoms with Crippen LogP contribution in [0.3, 0.4) is 0 Å². The molecule has 2 heterocycles. The maximum atomic E-state index is 5.87. The highest BCUT2D eigenvalue weighted by Gasteiger charge is 2.06. The van der Waals surface area contributed by atoms with Gasteiger partial charge in [0.2, 0.25) is 0 Å². The molecular formula is C20H17N3OS. The standard InChI is InChI=1S/C20H17N3OS/c1-13-11-14(2)22-20(21-13)15-7-9-16(10-8-15)24-12-19-23-17-5-3-4-6-18(17)25-19/h3-11H,12H2,1-2H3. The van der Waals surface area contributed by atoms with Gasteiger partial charge in [0.15, 0.2) is 5.82 Å². The summed E-state index contributed by atoms with van der Waals surface area (Å²) in [6.45, 7) is 4.43. The number of hydrogen-bond donors (Lipinski definition) is 0. The van der Waals surface area contributed by atoms with Gasteiger partial charge in [-0.25, -0.2) is 15.0 Å². The molecule has 2 aromatic carbocycles. The Bertz CT molecular complexity index is 971. The van der Waals surface area contributed by atoms with E-state index in [0.29, 0.717) is 6.61 Å². The van der Waals surface area contributed by atoms with E-state index >= 15 is 0 Å². The second-order valence-corrected chi connectivity index (χ2v) is 6.98. The van der Waals surface area contributed by atoms with Gasteiger partial charge in [-0.05, 0) is 56.3 Å². The lowest BCUT2D eigenvalue weighted by atomic mass is 10.2. The Balaban J connectivity index is 1.48. The molecule has 124 valence electrons. The molecule has 0 aliphatic heterocycles. The minimum absolute atomic E-state index is 0.471. The first-order valence-electron chi connectivity index (χ1n) is 8.07. The van der Waals surface area contributed by atoms with E-state index in [2.05, 4.69) is 21.0 Å². The van der Waals surface area contributed by atoms with E-state index in [1.165, 1.54) is 4.70 Å². The van der Waals surface area contributed by atoms with Gasteiger partial charge in [0.1, 0.15) is 17.4 Å². The van der Waals surface area contributed by atoms with Crippen molar-refractivity contribution >= 4 is 21.6 Å². The number of rotatable bonds is 4. The number of fused-ring (bicyclic) bond motifs is 1. The quantitative estimate of drug-likeness (QED) is 0.524. The summed E-state index contributed by atoms with van der Waals surface area (Å²) in [5.74, 6) is 1.56. The van der Waals surface area contributed by atoms with Crippen molar-refractivity contribution in [3.05, 3.63) is 71.0 Å². The molecule has 0 saturated heterocycles. The van der Waals surface area contributed by atoms with Crippen LogP contribution in [0.1, 0.15) is 16.4 Å². The Morgan fingerprint density at radius 1 is 0.880 bits per heavy atom. The lowest BCUT2D eigenvalue weighted by molar-refractivity contribution is 0.306. The minimum atomic E-state index is 0.471. The van der Waals surface area contributed by atoms with E-state index in [1.54, 1.807) is 11.3 Å². The molecule has 0 radical (unpaired) electrons. The van der Waals surface area contributed by atoms with Crippen LogP contribution in [0.2, 0.25) is 0 Å². The lowest BCUT2D eigenvalue weighted by Gasteiger charge is -2.06. The number of ether oxygens (including phenoxy) is 1. The number of hydrogen-bond acceptors (Lipinski definition) is 5. The molecule has 4 nitrogen and oxygen atoms in total. The molecule has 0 spiro atoms. The fourth-order valence-electron chi connectivity index (χ4n) is 2.68. The fourth-order valence-corrected chi connectivity index (χ4v) is 3.56. The second kappa shape index (κ2) is 6.61. The van der Waals surface area contributed by atoms with Crippen molar-refractivity contribution in [2.45, 2.75) is 20.5 Å². The first-order valence-corrected chi connectivity index (χ1v) is 8.89. The average molecular weight is 347 g/mol. The number of nitrogens with zero attached hydrogens (tertiary/aromatic N) is 3. The third-order valence-corrected chi connectivity index (χ3v) is 4.81. The topological polar surface area (TPSA) is 47.9 Å². The minimum Gasteiger partial charge on any atom is -0.486 e. The molecule has 25 heavy (non-hydrogen) atoms. The first kappa shape index (κ1) is 15.7. The number of aromatic nitrogens is 3. The maximum Gasteiger partial charge on any atom is 0.159 e. The molecule has 0 N–H and O–H groups in total. The molecular weight excluding hydrogens is 330 g/mol. The molecule has 2 aromatic heterocycles. The van der Waals surface area contributed by atoms with Crippen LogP contribution in [0.15, 0.2) is 54.6 Å². The van der Waals surface area contributed by atoms with Crippen LogP contribution >= 0.6 is 11.3 Å². The van der Waals surface area contributed by atoms with Crippen LogP contribution in [-0.4, -0.2) is 15.0 Å². The number of thiazole rings is 1. The van der Waals surface area contributed by atoms with Crippen molar-refractivity contribution in [1.29, 1.82) is 0 Å². The van der Waals surface area contributed by atoms with Gasteiger partial charge in [-0.15, -0.1) is 11.3 Å². The number of aryl methyl sites for hydroxylation is 2. The van der Waals surface area contributed by atoms with Crippen LogP contribution in [0.5, 0.6) is 5.75 Å². The van der Waals surface area contributed by atoms with Crippen molar-refractivity contribution in [2.24, 2.45) is 0 Å². The largest absolute Gasteiger partial charge is 0.486 e. The fraction of sp³-hybridized carbons (Fsp3) is 0.150. The molecule has 0 fully saturated rings. The van der Waals surface area contributed by atoms with Crippen LogP contribution in [-0.2, 0) is 6.61 Å². The molecule has 4 rings (SSSR count). The van der Waals surface area contributed by atoms with Gasteiger partial charge in [-0.2, -0.15) is 0 Å². The molecule has 0 saturated carbocycles. The van der Waals surface area contributed by atoms with Crippen molar-refractivity contribution in [3.8, 4) is 17.1 Å². The Hall–Kier alpha value is -2.79. The highest BCUT2D eigenvalue weighted by Crippen LogP contribution is 2.24. The summed E-state index contributed by atoms with van der Waals surface area (Å²) in [6.07, 6.45) is 0. The highest BCUT2D eigenvalue weighted by molar-refractivity contribution is 7.18. The lowest BCUT2D eigenvalue weighted by Crippen LogP contribution is -1.96. The van der Waals surface area contributed by atoms with E-state index in [4.69, 9.17) is 4.74 Å². The SMILES string of the molecule is Cc1cc(C)nc(-c2ccc(OCc3nc4ccccc4s3)cc2)n1. The van der Waals surface area contributed by atoms with Crippen molar-refractivity contribution in [1.82, 2.24) is 15.0 Å². The Kier molecular flexibility index (Phi) is 4.15. The van der Waals surface area contributed by atoms with E-state index in [9.17, 15) is 0 Å². The molecule has 0 atom stereocenters. The van der Waals surface area contributed by atoms with Gasteiger partial charge in [0.05, 0.1) is 10.2 Å². The van der Waals surface area contributed by atoms with Crippen molar-refractivity contribution < 1.29 is 4.74 Å². The molecule has 0 bridgehead atoms. The number of para-hydroxylation sites is 1.